The molecule has 0 radical (unpaired) electrons. The van der Waals surface area contributed by atoms with Crippen molar-refractivity contribution in [3.05, 3.63) is 224 Å². The van der Waals surface area contributed by atoms with Gasteiger partial charge >= 0.3 is 0 Å². The van der Waals surface area contributed by atoms with Gasteiger partial charge in [0.1, 0.15) is 0 Å². The standard InChI is InChI=1S/C52H37N/c1-5-17-38(18-6-1)44-33-36-51(49(37-44)41-23-11-4-12-24-41)53(50-30-14-13-27-46(50)39-19-7-2-8-20-39)45-34-31-42(32-35-45)48-29-16-26-43-25-15-28-47(52(43)48)40-21-9-3-10-22-40/h1-37H. The number of para-hydroxylation sites is 1. The fourth-order valence-corrected chi connectivity index (χ4v) is 7.56. The molecule has 0 saturated carbocycles. The van der Waals surface area contributed by atoms with Crippen LogP contribution in [0.4, 0.5) is 17.1 Å². The highest BCUT2D eigenvalue weighted by molar-refractivity contribution is 6.06. The SMILES string of the molecule is c1ccc(-c2ccc(N(c3ccc(-c4cccc5cccc(-c6ccccc6)c45)cc3)c3ccccc3-c3ccccc3)c(-c3ccccc3)c2)cc1. The Morgan fingerprint density at radius 1 is 0.245 bits per heavy atom. The van der Waals surface area contributed by atoms with Crippen molar-refractivity contribution >= 4 is 27.8 Å². The first-order valence-electron chi connectivity index (χ1n) is 18.2. The van der Waals surface area contributed by atoms with Crippen molar-refractivity contribution in [2.75, 3.05) is 4.90 Å². The molecule has 0 fully saturated rings. The summed E-state index contributed by atoms with van der Waals surface area (Å²) in [7, 11) is 0. The highest BCUT2D eigenvalue weighted by atomic mass is 15.1. The van der Waals surface area contributed by atoms with Crippen LogP contribution in [0.1, 0.15) is 0 Å². The van der Waals surface area contributed by atoms with Gasteiger partial charge < -0.3 is 4.90 Å². The highest BCUT2D eigenvalue weighted by Gasteiger charge is 2.21. The summed E-state index contributed by atoms with van der Waals surface area (Å²) in [5.74, 6) is 0. The monoisotopic (exact) mass is 675 g/mol. The van der Waals surface area contributed by atoms with E-state index in [1.54, 1.807) is 0 Å². The Kier molecular flexibility index (Phi) is 8.66. The third kappa shape index (κ3) is 6.30. The number of benzene rings is 9. The lowest BCUT2D eigenvalue weighted by Gasteiger charge is -2.30. The predicted molar refractivity (Wildman–Crippen MR) is 226 cm³/mol. The van der Waals surface area contributed by atoms with Crippen molar-refractivity contribution < 1.29 is 0 Å². The molecule has 0 heterocycles. The van der Waals surface area contributed by atoms with Gasteiger partial charge in [0.2, 0.25) is 0 Å². The maximum Gasteiger partial charge on any atom is 0.0540 e. The average molecular weight is 676 g/mol. The number of anilines is 3. The summed E-state index contributed by atoms with van der Waals surface area (Å²) in [5.41, 5.74) is 15.3. The minimum absolute atomic E-state index is 1.09. The second-order valence-electron chi connectivity index (χ2n) is 13.3. The second kappa shape index (κ2) is 14.3. The zero-order chi connectivity index (χ0) is 35.4. The Morgan fingerprint density at radius 2 is 0.660 bits per heavy atom. The molecular formula is C52H37N. The van der Waals surface area contributed by atoms with Gasteiger partial charge in [-0.25, -0.2) is 0 Å². The van der Waals surface area contributed by atoms with Gasteiger partial charge in [0.05, 0.1) is 11.4 Å². The maximum absolute atomic E-state index is 2.43. The summed E-state index contributed by atoms with van der Waals surface area (Å²) in [4.78, 5) is 2.43. The molecule has 0 atom stereocenters. The maximum atomic E-state index is 2.43. The van der Waals surface area contributed by atoms with Crippen LogP contribution in [0.15, 0.2) is 224 Å². The van der Waals surface area contributed by atoms with Gasteiger partial charge in [-0.1, -0.05) is 194 Å². The Bertz CT molecular complexity index is 2620. The first kappa shape index (κ1) is 32.0. The highest BCUT2D eigenvalue weighted by Crippen LogP contribution is 2.46. The molecule has 0 N–H and O–H groups in total. The molecule has 0 aliphatic heterocycles. The van der Waals surface area contributed by atoms with Crippen molar-refractivity contribution in [2.45, 2.75) is 0 Å². The molecular weight excluding hydrogens is 639 g/mol. The molecule has 9 rings (SSSR count). The van der Waals surface area contributed by atoms with Crippen LogP contribution in [0.3, 0.4) is 0 Å². The molecule has 9 aromatic carbocycles. The molecule has 9 aromatic rings. The quantitative estimate of drug-likeness (QED) is 0.155. The molecule has 53 heavy (non-hydrogen) atoms. The van der Waals surface area contributed by atoms with E-state index in [0.29, 0.717) is 0 Å². The van der Waals surface area contributed by atoms with E-state index in [4.69, 9.17) is 0 Å². The number of rotatable bonds is 8. The summed E-state index contributed by atoms with van der Waals surface area (Å²) in [5, 5.41) is 2.50. The van der Waals surface area contributed by atoms with E-state index in [-0.39, 0.29) is 0 Å². The van der Waals surface area contributed by atoms with E-state index in [0.717, 1.165) is 17.1 Å². The third-order valence-electron chi connectivity index (χ3n) is 10.1. The molecule has 0 saturated heterocycles. The predicted octanol–water partition coefficient (Wildman–Crippen LogP) is 14.6. The van der Waals surface area contributed by atoms with Crippen LogP contribution >= 0.6 is 0 Å². The zero-order valence-corrected chi connectivity index (χ0v) is 29.3. The first-order valence-corrected chi connectivity index (χ1v) is 18.2. The topological polar surface area (TPSA) is 3.24 Å². The van der Waals surface area contributed by atoms with Crippen molar-refractivity contribution in [2.24, 2.45) is 0 Å². The van der Waals surface area contributed by atoms with Gasteiger partial charge in [-0.15, -0.1) is 0 Å². The smallest absolute Gasteiger partial charge is 0.0540 e. The van der Waals surface area contributed by atoms with Crippen LogP contribution in [0.5, 0.6) is 0 Å². The summed E-state index contributed by atoms with van der Waals surface area (Å²) >= 11 is 0. The van der Waals surface area contributed by atoms with E-state index in [1.165, 1.54) is 66.4 Å². The van der Waals surface area contributed by atoms with E-state index in [2.05, 4.69) is 229 Å². The zero-order valence-electron chi connectivity index (χ0n) is 29.3. The number of hydrogen-bond acceptors (Lipinski definition) is 1. The first-order chi connectivity index (χ1) is 26.3. The average Bonchev–Trinajstić information content (AvgIpc) is 3.25. The lowest BCUT2D eigenvalue weighted by molar-refractivity contribution is 1.28. The van der Waals surface area contributed by atoms with Crippen LogP contribution in [0.2, 0.25) is 0 Å². The Morgan fingerprint density at radius 3 is 1.25 bits per heavy atom. The largest absolute Gasteiger partial charge is 0.309 e. The van der Waals surface area contributed by atoms with Crippen LogP contribution in [-0.4, -0.2) is 0 Å². The number of fused-ring (bicyclic) bond motifs is 1. The van der Waals surface area contributed by atoms with Gasteiger partial charge in [0.15, 0.2) is 0 Å². The van der Waals surface area contributed by atoms with Crippen LogP contribution in [0, 0.1) is 0 Å². The molecule has 250 valence electrons. The van der Waals surface area contributed by atoms with Gasteiger partial charge in [0.25, 0.3) is 0 Å². The molecule has 1 nitrogen and oxygen atoms in total. The fraction of sp³-hybridized carbons (Fsp3) is 0. The van der Waals surface area contributed by atoms with Crippen LogP contribution < -0.4 is 4.90 Å². The van der Waals surface area contributed by atoms with Gasteiger partial charge in [-0.3, -0.25) is 0 Å². The molecule has 0 aliphatic rings. The molecule has 0 unspecified atom stereocenters. The Hall–Kier alpha value is -6.96. The lowest BCUT2D eigenvalue weighted by Crippen LogP contribution is -2.12. The second-order valence-corrected chi connectivity index (χ2v) is 13.3. The number of nitrogens with zero attached hydrogens (tertiary/aromatic N) is 1. The van der Waals surface area contributed by atoms with Gasteiger partial charge in [-0.2, -0.15) is 0 Å². The minimum atomic E-state index is 1.09. The van der Waals surface area contributed by atoms with Crippen molar-refractivity contribution in [1.82, 2.24) is 0 Å². The van der Waals surface area contributed by atoms with Crippen molar-refractivity contribution in [3.63, 3.8) is 0 Å². The molecule has 0 amide bonds. The fourth-order valence-electron chi connectivity index (χ4n) is 7.56. The summed E-state index contributed by atoms with van der Waals surface area (Å²) in [6.07, 6.45) is 0. The molecule has 0 aromatic heterocycles. The summed E-state index contributed by atoms with van der Waals surface area (Å²) < 4.78 is 0. The molecule has 0 bridgehead atoms. The minimum Gasteiger partial charge on any atom is -0.309 e. The summed E-state index contributed by atoms with van der Waals surface area (Å²) in [6, 6.07) is 80.8. The Balaban J connectivity index is 1.25. The Labute approximate surface area is 311 Å². The van der Waals surface area contributed by atoms with E-state index >= 15 is 0 Å². The summed E-state index contributed by atoms with van der Waals surface area (Å²) in [6.45, 7) is 0. The van der Waals surface area contributed by atoms with E-state index in [1.807, 2.05) is 0 Å². The van der Waals surface area contributed by atoms with Gasteiger partial charge in [-0.05, 0) is 85.6 Å². The molecule has 0 spiro atoms. The van der Waals surface area contributed by atoms with Crippen LogP contribution in [0.25, 0.3) is 66.4 Å². The van der Waals surface area contributed by atoms with Crippen LogP contribution in [-0.2, 0) is 0 Å². The normalized spacial score (nSPS) is 11.0. The molecule has 0 aliphatic carbocycles. The number of hydrogen-bond donors (Lipinski definition) is 0. The van der Waals surface area contributed by atoms with Crippen molar-refractivity contribution in [3.8, 4) is 55.6 Å². The van der Waals surface area contributed by atoms with E-state index in [9.17, 15) is 0 Å². The molecule has 1 heteroatoms. The van der Waals surface area contributed by atoms with E-state index < -0.39 is 0 Å². The lowest BCUT2D eigenvalue weighted by atomic mass is 9.91. The van der Waals surface area contributed by atoms with Gasteiger partial charge in [0, 0.05) is 16.8 Å². The van der Waals surface area contributed by atoms with Crippen molar-refractivity contribution in [1.29, 1.82) is 0 Å². The third-order valence-corrected chi connectivity index (χ3v) is 10.1.